The molecule has 1 rings (SSSR count). The minimum atomic E-state index is -0.311. The minimum absolute atomic E-state index is 0.311. The number of nitrogens with two attached hydrogens (primary N) is 1. The molecule has 3 nitrogen and oxygen atoms in total. The van der Waals surface area contributed by atoms with Gasteiger partial charge in [0.25, 0.3) is 0 Å². The molecule has 0 saturated heterocycles. The van der Waals surface area contributed by atoms with Crippen LogP contribution in [0.3, 0.4) is 0 Å². The fourth-order valence-electron chi connectivity index (χ4n) is 1.32. The molecule has 0 saturated carbocycles. The van der Waals surface area contributed by atoms with E-state index < -0.39 is 0 Å². The van der Waals surface area contributed by atoms with E-state index in [9.17, 15) is 4.39 Å². The number of rotatable bonds is 7. The van der Waals surface area contributed by atoms with Gasteiger partial charge in [-0.15, -0.1) is 0 Å². The lowest BCUT2D eigenvalue weighted by molar-refractivity contribution is 0.134. The van der Waals surface area contributed by atoms with Crippen LogP contribution in [0.15, 0.2) is 18.2 Å². The molecule has 3 N–H and O–H groups in total. The first-order valence-electron chi connectivity index (χ1n) is 5.60. The average Bonchev–Trinajstić information content (AvgIpc) is 2.26. The average molecular weight is 226 g/mol. The molecule has 4 heteroatoms. The normalized spacial score (nSPS) is 10.4. The highest BCUT2D eigenvalue weighted by molar-refractivity contribution is 5.52. The molecule has 0 amide bonds. The topological polar surface area (TPSA) is 47.3 Å². The highest BCUT2D eigenvalue weighted by atomic mass is 19.1. The SMILES string of the molecule is CCCOCCCNc1ccc(N)cc1F. The monoisotopic (exact) mass is 226 g/mol. The van der Waals surface area contributed by atoms with Crippen molar-refractivity contribution in [3.8, 4) is 0 Å². The van der Waals surface area contributed by atoms with Gasteiger partial charge in [0.1, 0.15) is 5.82 Å². The molecular formula is C12H19FN2O. The molecule has 1 aromatic rings. The van der Waals surface area contributed by atoms with Gasteiger partial charge >= 0.3 is 0 Å². The Kier molecular flexibility index (Phi) is 5.64. The van der Waals surface area contributed by atoms with Crippen LogP contribution < -0.4 is 11.1 Å². The summed E-state index contributed by atoms with van der Waals surface area (Å²) in [4.78, 5) is 0. The molecule has 0 spiro atoms. The Balaban J connectivity index is 2.21. The lowest BCUT2D eigenvalue weighted by Crippen LogP contribution is -2.07. The van der Waals surface area contributed by atoms with Crippen molar-refractivity contribution >= 4 is 11.4 Å². The van der Waals surface area contributed by atoms with Crippen LogP contribution >= 0.6 is 0 Å². The molecular weight excluding hydrogens is 207 g/mol. The smallest absolute Gasteiger partial charge is 0.148 e. The summed E-state index contributed by atoms with van der Waals surface area (Å²) in [6.07, 6.45) is 1.89. The van der Waals surface area contributed by atoms with Gasteiger partial charge in [0.2, 0.25) is 0 Å². The summed E-state index contributed by atoms with van der Waals surface area (Å²) >= 11 is 0. The number of benzene rings is 1. The number of hydrogen-bond donors (Lipinski definition) is 2. The summed E-state index contributed by atoms with van der Waals surface area (Å²) in [7, 11) is 0. The number of anilines is 2. The van der Waals surface area contributed by atoms with E-state index >= 15 is 0 Å². The molecule has 16 heavy (non-hydrogen) atoms. The lowest BCUT2D eigenvalue weighted by Gasteiger charge is -2.08. The van der Waals surface area contributed by atoms with Crippen molar-refractivity contribution in [2.75, 3.05) is 30.8 Å². The molecule has 1 aromatic carbocycles. The summed E-state index contributed by atoms with van der Waals surface area (Å²) in [5.74, 6) is -0.311. The Labute approximate surface area is 95.8 Å². The maximum Gasteiger partial charge on any atom is 0.148 e. The summed E-state index contributed by atoms with van der Waals surface area (Å²) in [5, 5.41) is 3.01. The third-order valence-corrected chi connectivity index (χ3v) is 2.12. The van der Waals surface area contributed by atoms with Gasteiger partial charge in [0.05, 0.1) is 5.69 Å². The lowest BCUT2D eigenvalue weighted by atomic mass is 10.2. The molecule has 0 atom stereocenters. The Morgan fingerprint density at radius 1 is 1.38 bits per heavy atom. The summed E-state index contributed by atoms with van der Waals surface area (Å²) in [6, 6.07) is 4.65. The van der Waals surface area contributed by atoms with Crippen molar-refractivity contribution in [2.45, 2.75) is 19.8 Å². The largest absolute Gasteiger partial charge is 0.399 e. The van der Waals surface area contributed by atoms with Crippen molar-refractivity contribution in [2.24, 2.45) is 0 Å². The summed E-state index contributed by atoms with van der Waals surface area (Å²) < 4.78 is 18.6. The van der Waals surface area contributed by atoms with E-state index in [2.05, 4.69) is 12.2 Å². The fraction of sp³-hybridized carbons (Fsp3) is 0.500. The minimum Gasteiger partial charge on any atom is -0.399 e. The molecule has 0 unspecified atom stereocenters. The predicted molar refractivity (Wildman–Crippen MR) is 65.0 cm³/mol. The first-order valence-corrected chi connectivity index (χ1v) is 5.60. The molecule has 0 heterocycles. The zero-order valence-corrected chi connectivity index (χ0v) is 9.63. The number of halogens is 1. The van der Waals surface area contributed by atoms with Crippen LogP contribution in [0.4, 0.5) is 15.8 Å². The molecule has 90 valence electrons. The zero-order valence-electron chi connectivity index (χ0n) is 9.63. The number of ether oxygens (including phenoxy) is 1. The number of nitrogen functional groups attached to an aromatic ring is 1. The van der Waals surface area contributed by atoms with Gasteiger partial charge in [-0.3, -0.25) is 0 Å². The van der Waals surface area contributed by atoms with E-state index in [1.54, 1.807) is 12.1 Å². The first kappa shape index (κ1) is 12.8. The van der Waals surface area contributed by atoms with Crippen molar-refractivity contribution in [1.29, 1.82) is 0 Å². The van der Waals surface area contributed by atoms with Gasteiger partial charge < -0.3 is 15.8 Å². The quantitative estimate of drug-likeness (QED) is 0.555. The third-order valence-electron chi connectivity index (χ3n) is 2.12. The third kappa shape index (κ3) is 4.49. The first-order chi connectivity index (χ1) is 7.74. The Morgan fingerprint density at radius 3 is 2.88 bits per heavy atom. The van der Waals surface area contributed by atoms with Crippen LogP contribution in [-0.4, -0.2) is 19.8 Å². The van der Waals surface area contributed by atoms with Crippen LogP contribution in [0, 0.1) is 5.82 Å². The molecule has 0 aliphatic carbocycles. The molecule has 0 aliphatic heterocycles. The van der Waals surface area contributed by atoms with Crippen LogP contribution in [0.25, 0.3) is 0 Å². The van der Waals surface area contributed by atoms with Crippen molar-refractivity contribution < 1.29 is 9.13 Å². The van der Waals surface area contributed by atoms with E-state index in [-0.39, 0.29) is 5.82 Å². The van der Waals surface area contributed by atoms with E-state index in [1.165, 1.54) is 6.07 Å². The van der Waals surface area contributed by atoms with Crippen LogP contribution in [0.1, 0.15) is 19.8 Å². The highest BCUT2D eigenvalue weighted by Crippen LogP contribution is 2.16. The molecule has 0 aliphatic rings. The molecule has 0 radical (unpaired) electrons. The van der Waals surface area contributed by atoms with E-state index in [0.717, 1.165) is 19.4 Å². The van der Waals surface area contributed by atoms with Gasteiger partial charge in [-0.2, -0.15) is 0 Å². The van der Waals surface area contributed by atoms with Gasteiger partial charge in [-0.05, 0) is 31.0 Å². The Bertz CT molecular complexity index is 318. The second-order valence-electron chi connectivity index (χ2n) is 3.63. The highest BCUT2D eigenvalue weighted by Gasteiger charge is 2.00. The predicted octanol–water partition coefficient (Wildman–Crippen LogP) is 2.64. The second kappa shape index (κ2) is 7.06. The zero-order chi connectivity index (χ0) is 11.8. The van der Waals surface area contributed by atoms with Crippen molar-refractivity contribution in [1.82, 2.24) is 0 Å². The van der Waals surface area contributed by atoms with E-state index in [1.807, 2.05) is 0 Å². The van der Waals surface area contributed by atoms with Crippen LogP contribution in [0.5, 0.6) is 0 Å². The van der Waals surface area contributed by atoms with Crippen molar-refractivity contribution in [3.05, 3.63) is 24.0 Å². The van der Waals surface area contributed by atoms with Gasteiger partial charge in [-0.1, -0.05) is 6.92 Å². The molecule has 0 aromatic heterocycles. The van der Waals surface area contributed by atoms with E-state index in [0.29, 0.717) is 24.5 Å². The van der Waals surface area contributed by atoms with Crippen molar-refractivity contribution in [3.63, 3.8) is 0 Å². The van der Waals surface area contributed by atoms with E-state index in [4.69, 9.17) is 10.5 Å². The van der Waals surface area contributed by atoms with Crippen LogP contribution in [0.2, 0.25) is 0 Å². The van der Waals surface area contributed by atoms with Crippen LogP contribution in [-0.2, 0) is 4.74 Å². The second-order valence-corrected chi connectivity index (χ2v) is 3.63. The van der Waals surface area contributed by atoms with Gasteiger partial charge in [0.15, 0.2) is 0 Å². The maximum atomic E-state index is 13.3. The summed E-state index contributed by atoms with van der Waals surface area (Å²) in [5.41, 5.74) is 6.38. The number of hydrogen-bond acceptors (Lipinski definition) is 3. The Hall–Kier alpha value is -1.29. The summed E-state index contributed by atoms with van der Waals surface area (Å²) in [6.45, 7) is 4.26. The maximum absolute atomic E-state index is 13.3. The van der Waals surface area contributed by atoms with Gasteiger partial charge in [0, 0.05) is 25.4 Å². The standard InChI is InChI=1S/C12H19FN2O/c1-2-7-16-8-3-6-15-12-5-4-10(14)9-11(12)13/h4-5,9,15H,2-3,6-8,14H2,1H3. The number of nitrogens with one attached hydrogen (secondary N) is 1. The molecule has 0 fully saturated rings. The fourth-order valence-corrected chi connectivity index (χ4v) is 1.32. The Morgan fingerprint density at radius 2 is 2.19 bits per heavy atom. The van der Waals surface area contributed by atoms with Gasteiger partial charge in [-0.25, -0.2) is 4.39 Å². The molecule has 0 bridgehead atoms.